The van der Waals surface area contributed by atoms with Crippen LogP contribution in [0.5, 0.6) is 0 Å². The Morgan fingerprint density at radius 1 is 1.23 bits per heavy atom. The van der Waals surface area contributed by atoms with E-state index in [9.17, 15) is 9.59 Å². The Kier molecular flexibility index (Phi) is 7.65. The van der Waals surface area contributed by atoms with Crippen LogP contribution >= 0.6 is 0 Å². The van der Waals surface area contributed by atoms with Gasteiger partial charge in [0.25, 0.3) is 0 Å². The molecule has 1 unspecified atom stereocenters. The van der Waals surface area contributed by atoms with Gasteiger partial charge in [-0.25, -0.2) is 4.79 Å². The van der Waals surface area contributed by atoms with Gasteiger partial charge in [-0.15, -0.1) is 0 Å². The summed E-state index contributed by atoms with van der Waals surface area (Å²) in [4.78, 5) is 23.8. The van der Waals surface area contributed by atoms with Crippen molar-refractivity contribution in [3.05, 3.63) is 0 Å². The maximum atomic E-state index is 12.0. The third kappa shape index (κ3) is 7.11. The highest BCUT2D eigenvalue weighted by atomic mass is 16.2. The molecule has 1 saturated carbocycles. The van der Waals surface area contributed by atoms with E-state index in [0.717, 1.165) is 32.1 Å². The summed E-state index contributed by atoms with van der Waals surface area (Å²) in [5.41, 5.74) is 5.35. The molecule has 1 aliphatic rings. The van der Waals surface area contributed by atoms with E-state index in [1.165, 1.54) is 6.42 Å². The van der Waals surface area contributed by atoms with Gasteiger partial charge in [0.2, 0.25) is 5.91 Å². The largest absolute Gasteiger partial charge is 0.348 e. The molecule has 1 rings (SSSR count). The van der Waals surface area contributed by atoms with Crippen LogP contribution in [0.3, 0.4) is 0 Å². The summed E-state index contributed by atoms with van der Waals surface area (Å²) in [5, 5.41) is 8.48. The highest BCUT2D eigenvalue weighted by Crippen LogP contribution is 2.17. The molecular formula is C16H32N4O2. The highest BCUT2D eigenvalue weighted by molar-refractivity contribution is 5.84. The van der Waals surface area contributed by atoms with Crippen LogP contribution in [0.25, 0.3) is 0 Å². The van der Waals surface area contributed by atoms with Gasteiger partial charge in [-0.1, -0.05) is 33.1 Å². The Bertz CT molecular complexity index is 367. The van der Waals surface area contributed by atoms with E-state index in [2.05, 4.69) is 29.8 Å². The Morgan fingerprint density at radius 3 is 2.41 bits per heavy atom. The van der Waals surface area contributed by atoms with E-state index in [4.69, 9.17) is 5.73 Å². The molecule has 0 spiro atoms. The second-order valence-electron chi connectivity index (χ2n) is 7.07. The zero-order valence-corrected chi connectivity index (χ0v) is 14.2. The first kappa shape index (κ1) is 18.7. The predicted octanol–water partition coefficient (Wildman–Crippen LogP) is 1.50. The summed E-state index contributed by atoms with van der Waals surface area (Å²) < 4.78 is 0. The Morgan fingerprint density at radius 2 is 1.86 bits per heavy atom. The molecule has 0 bridgehead atoms. The Labute approximate surface area is 134 Å². The van der Waals surface area contributed by atoms with Gasteiger partial charge in [-0.3, -0.25) is 4.79 Å². The number of urea groups is 1. The number of hydrogen-bond donors (Lipinski definition) is 4. The molecular weight excluding hydrogens is 280 g/mol. The summed E-state index contributed by atoms with van der Waals surface area (Å²) in [6.07, 6.45) is 6.43. The van der Waals surface area contributed by atoms with Crippen LogP contribution in [0, 0.1) is 5.92 Å². The lowest BCUT2D eigenvalue weighted by Gasteiger charge is -2.31. The van der Waals surface area contributed by atoms with Crippen molar-refractivity contribution in [2.45, 2.75) is 70.9 Å². The van der Waals surface area contributed by atoms with E-state index in [0.29, 0.717) is 12.5 Å². The van der Waals surface area contributed by atoms with E-state index in [-0.39, 0.29) is 24.5 Å². The minimum Gasteiger partial charge on any atom is -0.348 e. The van der Waals surface area contributed by atoms with Gasteiger partial charge in [0.1, 0.15) is 0 Å². The molecule has 0 aromatic heterocycles. The fourth-order valence-electron chi connectivity index (χ4n) is 3.11. The Balaban J connectivity index is 2.30. The van der Waals surface area contributed by atoms with E-state index < -0.39 is 5.54 Å². The molecule has 6 nitrogen and oxygen atoms in total. The molecule has 6 heteroatoms. The molecule has 5 N–H and O–H groups in total. The SMILES string of the molecule is CC(C)CC(C)(CN)NC(=O)CNC(=O)NC1CCCCC1. The molecule has 0 aromatic carbocycles. The first-order valence-electron chi connectivity index (χ1n) is 8.40. The van der Waals surface area contributed by atoms with Gasteiger partial charge < -0.3 is 21.7 Å². The summed E-state index contributed by atoms with van der Waals surface area (Å²) in [7, 11) is 0. The molecule has 3 amide bonds. The van der Waals surface area contributed by atoms with Gasteiger partial charge in [0, 0.05) is 18.1 Å². The van der Waals surface area contributed by atoms with Gasteiger partial charge in [0.15, 0.2) is 0 Å². The van der Waals surface area contributed by atoms with Crippen LogP contribution in [-0.2, 0) is 4.79 Å². The second kappa shape index (κ2) is 8.98. The van der Waals surface area contributed by atoms with Crippen molar-refractivity contribution in [1.29, 1.82) is 0 Å². The quantitative estimate of drug-likeness (QED) is 0.573. The zero-order valence-electron chi connectivity index (χ0n) is 14.2. The Hall–Kier alpha value is -1.30. The first-order chi connectivity index (χ1) is 10.3. The summed E-state index contributed by atoms with van der Waals surface area (Å²) in [5.74, 6) is 0.240. The third-order valence-corrected chi connectivity index (χ3v) is 4.10. The normalized spacial score (nSPS) is 18.6. The molecule has 0 aromatic rings. The van der Waals surface area contributed by atoms with Gasteiger partial charge in [-0.2, -0.15) is 0 Å². The highest BCUT2D eigenvalue weighted by Gasteiger charge is 2.26. The van der Waals surface area contributed by atoms with E-state index in [1.807, 2.05) is 6.92 Å². The van der Waals surface area contributed by atoms with Crippen LogP contribution in [0.1, 0.15) is 59.3 Å². The van der Waals surface area contributed by atoms with Gasteiger partial charge in [0.05, 0.1) is 6.54 Å². The third-order valence-electron chi connectivity index (χ3n) is 4.10. The molecule has 0 aliphatic heterocycles. The molecule has 0 radical (unpaired) electrons. The van der Waals surface area contributed by atoms with Crippen LogP contribution in [0.15, 0.2) is 0 Å². The molecule has 1 aliphatic carbocycles. The molecule has 128 valence electrons. The molecule has 0 saturated heterocycles. The van der Waals surface area contributed by atoms with Crippen molar-refractivity contribution < 1.29 is 9.59 Å². The van der Waals surface area contributed by atoms with Crippen LogP contribution in [0.2, 0.25) is 0 Å². The smallest absolute Gasteiger partial charge is 0.315 e. The number of rotatable bonds is 7. The number of carbonyl (C=O) groups excluding carboxylic acids is 2. The predicted molar refractivity (Wildman–Crippen MR) is 88.5 cm³/mol. The van der Waals surface area contributed by atoms with Gasteiger partial charge >= 0.3 is 6.03 Å². The van der Waals surface area contributed by atoms with E-state index in [1.54, 1.807) is 0 Å². The lowest BCUT2D eigenvalue weighted by Crippen LogP contribution is -2.55. The zero-order chi connectivity index (χ0) is 16.6. The first-order valence-corrected chi connectivity index (χ1v) is 8.40. The summed E-state index contributed by atoms with van der Waals surface area (Å²) in [6.45, 7) is 6.48. The lowest BCUT2D eigenvalue weighted by atomic mass is 9.91. The monoisotopic (exact) mass is 312 g/mol. The number of carbonyl (C=O) groups is 2. The van der Waals surface area contributed by atoms with Crippen LogP contribution in [-0.4, -0.2) is 36.6 Å². The topological polar surface area (TPSA) is 96.2 Å². The average Bonchev–Trinajstić information content (AvgIpc) is 2.45. The van der Waals surface area contributed by atoms with Crippen molar-refractivity contribution in [2.24, 2.45) is 11.7 Å². The standard InChI is InChI=1S/C16H32N4O2/c1-12(2)9-16(3,11-17)20-14(21)10-18-15(22)19-13-7-5-4-6-8-13/h12-13H,4-11,17H2,1-3H3,(H,20,21)(H2,18,19,22). The van der Waals surface area contributed by atoms with Crippen molar-refractivity contribution in [1.82, 2.24) is 16.0 Å². The molecule has 1 atom stereocenters. The van der Waals surface area contributed by atoms with Crippen LogP contribution in [0.4, 0.5) is 4.79 Å². The maximum Gasteiger partial charge on any atom is 0.315 e. The second-order valence-corrected chi connectivity index (χ2v) is 7.07. The average molecular weight is 312 g/mol. The molecule has 0 heterocycles. The number of hydrogen-bond acceptors (Lipinski definition) is 3. The van der Waals surface area contributed by atoms with E-state index >= 15 is 0 Å². The van der Waals surface area contributed by atoms with Gasteiger partial charge in [-0.05, 0) is 32.1 Å². The summed E-state index contributed by atoms with van der Waals surface area (Å²) in [6, 6.07) is -0.0209. The molecule has 22 heavy (non-hydrogen) atoms. The van der Waals surface area contributed by atoms with Crippen molar-refractivity contribution >= 4 is 11.9 Å². The van der Waals surface area contributed by atoms with Crippen LogP contribution < -0.4 is 21.7 Å². The van der Waals surface area contributed by atoms with Crippen molar-refractivity contribution in [3.63, 3.8) is 0 Å². The minimum absolute atomic E-state index is 0.0216. The summed E-state index contributed by atoms with van der Waals surface area (Å²) >= 11 is 0. The molecule has 1 fully saturated rings. The minimum atomic E-state index is -0.424. The lowest BCUT2D eigenvalue weighted by molar-refractivity contribution is -0.121. The fraction of sp³-hybridized carbons (Fsp3) is 0.875. The number of nitrogens with two attached hydrogens (primary N) is 1. The number of nitrogens with one attached hydrogen (secondary N) is 3. The maximum absolute atomic E-state index is 12.0. The fourth-order valence-corrected chi connectivity index (χ4v) is 3.11. The van der Waals surface area contributed by atoms with Crippen molar-refractivity contribution in [3.8, 4) is 0 Å². The van der Waals surface area contributed by atoms with Crippen molar-refractivity contribution in [2.75, 3.05) is 13.1 Å². The number of amides is 3.